The third-order valence-electron chi connectivity index (χ3n) is 3.90. The van der Waals surface area contributed by atoms with Gasteiger partial charge >= 0.3 is 11.9 Å². The number of ether oxygens (including phenoxy) is 2. The summed E-state index contributed by atoms with van der Waals surface area (Å²) in [5.74, 6) is 0.0184. The van der Waals surface area contributed by atoms with E-state index >= 15 is 0 Å². The Bertz CT molecular complexity index is 289. The quantitative estimate of drug-likeness (QED) is 0.346. The molecule has 0 aromatic heterocycles. The van der Waals surface area contributed by atoms with Gasteiger partial charge in [0.25, 0.3) is 0 Å². The van der Waals surface area contributed by atoms with Crippen molar-refractivity contribution in [3.63, 3.8) is 0 Å². The van der Waals surface area contributed by atoms with Crippen LogP contribution in [0.15, 0.2) is 0 Å². The van der Waals surface area contributed by atoms with Gasteiger partial charge in [-0.25, -0.2) is 0 Å². The van der Waals surface area contributed by atoms with Crippen molar-refractivity contribution in [2.24, 2.45) is 5.92 Å². The molecule has 0 aromatic rings. The topological polar surface area (TPSA) is 52.6 Å². The van der Waals surface area contributed by atoms with Crippen molar-refractivity contribution < 1.29 is 19.1 Å². The Morgan fingerprint density at radius 1 is 0.818 bits per heavy atom. The van der Waals surface area contributed by atoms with Crippen LogP contribution in [0.1, 0.15) is 84.5 Å². The maximum Gasteiger partial charge on any atom is 0.305 e. The van der Waals surface area contributed by atoms with Gasteiger partial charge in [-0.3, -0.25) is 9.59 Å². The average molecular weight is 314 g/mol. The fourth-order valence-electron chi connectivity index (χ4n) is 2.43. The van der Waals surface area contributed by atoms with Gasteiger partial charge in [-0.05, 0) is 25.2 Å². The van der Waals surface area contributed by atoms with Gasteiger partial charge in [0, 0.05) is 12.8 Å². The molecule has 4 heteroatoms. The smallest absolute Gasteiger partial charge is 0.305 e. The molecular formula is C18H34O4. The van der Waals surface area contributed by atoms with Crippen LogP contribution < -0.4 is 0 Å². The number of hydrogen-bond donors (Lipinski definition) is 0. The number of unbranched alkanes of at least 4 members (excludes halogenated alkanes) is 4. The van der Waals surface area contributed by atoms with Crippen LogP contribution in [0.5, 0.6) is 0 Å². The van der Waals surface area contributed by atoms with Crippen molar-refractivity contribution in [3.05, 3.63) is 0 Å². The van der Waals surface area contributed by atoms with E-state index in [0.29, 0.717) is 25.4 Å². The maximum absolute atomic E-state index is 11.7. The van der Waals surface area contributed by atoms with E-state index in [1.807, 2.05) is 0 Å². The minimum absolute atomic E-state index is 0.195. The summed E-state index contributed by atoms with van der Waals surface area (Å²) in [7, 11) is 1.36. The van der Waals surface area contributed by atoms with Gasteiger partial charge in [0.05, 0.1) is 13.7 Å². The van der Waals surface area contributed by atoms with Crippen molar-refractivity contribution in [1.82, 2.24) is 0 Å². The van der Waals surface area contributed by atoms with Crippen molar-refractivity contribution in [2.45, 2.75) is 84.5 Å². The molecule has 1 atom stereocenters. The number of hydrogen-bond acceptors (Lipinski definition) is 4. The first-order chi connectivity index (χ1) is 10.6. The van der Waals surface area contributed by atoms with Crippen LogP contribution in [-0.4, -0.2) is 25.7 Å². The molecule has 0 spiro atoms. The van der Waals surface area contributed by atoms with E-state index in [-0.39, 0.29) is 18.4 Å². The summed E-state index contributed by atoms with van der Waals surface area (Å²) >= 11 is 0. The lowest BCUT2D eigenvalue weighted by molar-refractivity contribution is -0.145. The van der Waals surface area contributed by atoms with Crippen LogP contribution in [0.4, 0.5) is 0 Å². The predicted molar refractivity (Wildman–Crippen MR) is 88.6 cm³/mol. The molecule has 22 heavy (non-hydrogen) atoms. The van der Waals surface area contributed by atoms with Gasteiger partial charge in [-0.15, -0.1) is 0 Å². The standard InChI is InChI=1S/C18H34O4/c1-4-6-8-9-12-16(11-7-5-2)15-22-18(20)14-10-13-17(19)21-3/h16H,4-15H2,1-3H3. The molecule has 0 rings (SSSR count). The van der Waals surface area contributed by atoms with E-state index < -0.39 is 0 Å². The van der Waals surface area contributed by atoms with Crippen molar-refractivity contribution in [1.29, 1.82) is 0 Å². The second kappa shape index (κ2) is 14.9. The summed E-state index contributed by atoms with van der Waals surface area (Å²) in [6.45, 7) is 4.93. The fraction of sp³-hybridized carbons (Fsp3) is 0.889. The zero-order chi connectivity index (χ0) is 16.6. The molecule has 130 valence electrons. The highest BCUT2D eigenvalue weighted by Crippen LogP contribution is 2.18. The SMILES string of the molecule is CCCCCCC(CCCC)COC(=O)CCCC(=O)OC. The maximum atomic E-state index is 11.7. The van der Waals surface area contributed by atoms with Crippen LogP contribution in [-0.2, 0) is 19.1 Å². The number of esters is 2. The third kappa shape index (κ3) is 12.7. The highest BCUT2D eigenvalue weighted by atomic mass is 16.5. The van der Waals surface area contributed by atoms with Gasteiger partial charge < -0.3 is 9.47 Å². The Morgan fingerprint density at radius 2 is 1.45 bits per heavy atom. The van der Waals surface area contributed by atoms with E-state index in [1.165, 1.54) is 45.6 Å². The number of methoxy groups -OCH3 is 1. The highest BCUT2D eigenvalue weighted by Gasteiger charge is 2.12. The third-order valence-corrected chi connectivity index (χ3v) is 3.90. The van der Waals surface area contributed by atoms with Gasteiger partial charge in [0.2, 0.25) is 0 Å². The van der Waals surface area contributed by atoms with Crippen LogP contribution >= 0.6 is 0 Å². The number of rotatable bonds is 14. The van der Waals surface area contributed by atoms with Gasteiger partial charge in [-0.2, -0.15) is 0 Å². The lowest BCUT2D eigenvalue weighted by atomic mass is 9.96. The molecule has 0 saturated carbocycles. The molecule has 4 nitrogen and oxygen atoms in total. The van der Waals surface area contributed by atoms with Crippen molar-refractivity contribution in [2.75, 3.05) is 13.7 Å². The highest BCUT2D eigenvalue weighted by molar-refractivity contribution is 5.72. The van der Waals surface area contributed by atoms with Crippen LogP contribution in [0.2, 0.25) is 0 Å². The zero-order valence-corrected chi connectivity index (χ0v) is 14.7. The van der Waals surface area contributed by atoms with Gasteiger partial charge in [0.1, 0.15) is 0 Å². The second-order valence-corrected chi connectivity index (χ2v) is 5.97. The van der Waals surface area contributed by atoms with E-state index in [0.717, 1.165) is 12.8 Å². The zero-order valence-electron chi connectivity index (χ0n) is 14.7. The first kappa shape index (κ1) is 20.9. The summed E-state index contributed by atoms with van der Waals surface area (Å²) in [6, 6.07) is 0. The molecule has 0 amide bonds. The predicted octanol–water partition coefficient (Wildman–Crippen LogP) is 4.65. The summed E-state index contributed by atoms with van der Waals surface area (Å²) in [4.78, 5) is 22.7. The molecule has 0 bridgehead atoms. The lowest BCUT2D eigenvalue weighted by Gasteiger charge is -2.16. The molecule has 0 radical (unpaired) electrons. The Morgan fingerprint density at radius 3 is 2.09 bits per heavy atom. The van der Waals surface area contributed by atoms with Crippen LogP contribution in [0.25, 0.3) is 0 Å². The Kier molecular flexibility index (Phi) is 14.1. The molecule has 0 aliphatic rings. The van der Waals surface area contributed by atoms with Crippen LogP contribution in [0.3, 0.4) is 0 Å². The van der Waals surface area contributed by atoms with E-state index in [1.54, 1.807) is 0 Å². The minimum atomic E-state index is -0.274. The lowest BCUT2D eigenvalue weighted by Crippen LogP contribution is -2.15. The molecule has 0 N–H and O–H groups in total. The minimum Gasteiger partial charge on any atom is -0.469 e. The molecule has 0 saturated heterocycles. The average Bonchev–Trinajstić information content (AvgIpc) is 2.53. The molecule has 0 aliphatic carbocycles. The summed E-state index contributed by atoms with van der Waals surface area (Å²) < 4.78 is 9.93. The second-order valence-electron chi connectivity index (χ2n) is 5.97. The number of carbonyl (C=O) groups is 2. The van der Waals surface area contributed by atoms with Gasteiger partial charge in [0.15, 0.2) is 0 Å². The summed E-state index contributed by atoms with van der Waals surface area (Å²) in [5.41, 5.74) is 0. The first-order valence-corrected chi connectivity index (χ1v) is 8.86. The van der Waals surface area contributed by atoms with E-state index in [9.17, 15) is 9.59 Å². The first-order valence-electron chi connectivity index (χ1n) is 8.86. The van der Waals surface area contributed by atoms with Crippen molar-refractivity contribution in [3.8, 4) is 0 Å². The molecule has 0 fully saturated rings. The van der Waals surface area contributed by atoms with Gasteiger partial charge in [-0.1, -0.05) is 52.4 Å². The summed E-state index contributed by atoms with van der Waals surface area (Å²) in [6.07, 6.45) is 10.8. The monoisotopic (exact) mass is 314 g/mol. The number of carbonyl (C=O) groups excluding carboxylic acids is 2. The molecule has 0 aromatic carbocycles. The molecule has 0 heterocycles. The normalized spacial score (nSPS) is 12.0. The molecule has 0 aliphatic heterocycles. The Balaban J connectivity index is 3.87. The summed E-state index contributed by atoms with van der Waals surface area (Å²) in [5, 5.41) is 0. The largest absolute Gasteiger partial charge is 0.469 e. The van der Waals surface area contributed by atoms with Crippen LogP contribution in [0, 0.1) is 5.92 Å². The van der Waals surface area contributed by atoms with E-state index in [4.69, 9.17) is 4.74 Å². The van der Waals surface area contributed by atoms with Crippen molar-refractivity contribution >= 4 is 11.9 Å². The van der Waals surface area contributed by atoms with E-state index in [2.05, 4.69) is 18.6 Å². The molecular weight excluding hydrogens is 280 g/mol. The fourth-order valence-corrected chi connectivity index (χ4v) is 2.43. The molecule has 1 unspecified atom stereocenters. The Labute approximate surface area is 135 Å². The Hall–Kier alpha value is -1.06.